The molecule has 4 amide bonds. The van der Waals surface area contributed by atoms with Crippen molar-refractivity contribution in [1.82, 2.24) is 21.3 Å². The van der Waals surface area contributed by atoms with Gasteiger partial charge in [0.15, 0.2) is 6.61 Å². The number of carbonyl (C=O) groups is 5. The summed E-state index contributed by atoms with van der Waals surface area (Å²) in [5, 5.41) is 17.3. The number of amides is 4. The first-order chi connectivity index (χ1) is 22.5. The molecular weight excluding hydrogens is 632 g/mol. The van der Waals surface area contributed by atoms with Gasteiger partial charge in [0, 0.05) is 42.3 Å². The second-order valence-electron chi connectivity index (χ2n) is 10.7. The summed E-state index contributed by atoms with van der Waals surface area (Å²) in [5.41, 5.74) is 16.8. The van der Waals surface area contributed by atoms with E-state index in [2.05, 4.69) is 47.2 Å². The van der Waals surface area contributed by atoms with Gasteiger partial charge in [0.25, 0.3) is 0 Å². The maximum absolute atomic E-state index is 12.9. The van der Waals surface area contributed by atoms with E-state index in [9.17, 15) is 24.0 Å². The standard InChI is InChI=1S/C28H48N10O8Si/c1-5-7-10-15-31-27(42)22(35-24(39)13-8-11-16-33-37-29)20-45-47(3,4)46-21-23(28(43)32-19-26(41)44-18-6-2)36-25(40)14-9-12-17-34-38-30/h2,22-23H,5,7-21H2,1,3-4H3,(H,31,42)(H,32,43)(H,35,39)(H,36,40). The summed E-state index contributed by atoms with van der Waals surface area (Å²) in [7, 11) is -3.08. The average Bonchev–Trinajstić information content (AvgIpc) is 3.04. The Hall–Kier alpha value is -4.33. The van der Waals surface area contributed by atoms with Crippen LogP contribution in [-0.2, 0) is 37.6 Å². The monoisotopic (exact) mass is 680 g/mol. The Morgan fingerprint density at radius 3 is 1.79 bits per heavy atom. The number of hydrogen-bond acceptors (Lipinski definition) is 10. The average molecular weight is 681 g/mol. The summed E-state index contributed by atoms with van der Waals surface area (Å²) in [4.78, 5) is 68.1. The molecule has 0 radical (unpaired) electrons. The molecule has 0 aliphatic carbocycles. The zero-order valence-electron chi connectivity index (χ0n) is 27.5. The third-order valence-corrected chi connectivity index (χ3v) is 7.98. The Morgan fingerprint density at radius 1 is 0.809 bits per heavy atom. The number of azide groups is 2. The van der Waals surface area contributed by atoms with Crippen LogP contribution in [0, 0.1) is 12.3 Å². The lowest BCUT2D eigenvalue weighted by atomic mass is 10.2. The van der Waals surface area contributed by atoms with Crippen molar-refractivity contribution >= 4 is 38.2 Å². The van der Waals surface area contributed by atoms with Crippen LogP contribution in [0.4, 0.5) is 0 Å². The zero-order chi connectivity index (χ0) is 35.3. The van der Waals surface area contributed by atoms with Gasteiger partial charge in [-0.2, -0.15) is 0 Å². The van der Waals surface area contributed by atoms with Crippen molar-refractivity contribution in [3.63, 3.8) is 0 Å². The Labute approximate surface area is 276 Å². The summed E-state index contributed by atoms with van der Waals surface area (Å²) in [6, 6.07) is -2.23. The minimum Gasteiger partial charge on any atom is -0.451 e. The molecule has 0 saturated heterocycles. The van der Waals surface area contributed by atoms with Crippen LogP contribution in [0.5, 0.6) is 0 Å². The molecule has 0 saturated carbocycles. The highest BCUT2D eigenvalue weighted by Crippen LogP contribution is 2.10. The second kappa shape index (κ2) is 26.8. The Kier molecular flexibility index (Phi) is 24.4. The van der Waals surface area contributed by atoms with Crippen molar-refractivity contribution in [3.05, 3.63) is 20.9 Å². The number of nitrogens with one attached hydrogen (secondary N) is 4. The van der Waals surface area contributed by atoms with E-state index in [1.807, 2.05) is 6.92 Å². The maximum atomic E-state index is 12.9. The normalized spacial score (nSPS) is 11.8. The van der Waals surface area contributed by atoms with Crippen LogP contribution in [0.2, 0.25) is 13.1 Å². The Balaban J connectivity index is 5.40. The molecule has 0 aromatic rings. The number of esters is 1. The van der Waals surface area contributed by atoms with Crippen LogP contribution in [-0.4, -0.2) is 96.2 Å². The fourth-order valence-electron chi connectivity index (χ4n) is 3.70. The van der Waals surface area contributed by atoms with Crippen molar-refractivity contribution in [2.75, 3.05) is 46.0 Å². The van der Waals surface area contributed by atoms with E-state index in [4.69, 9.17) is 31.1 Å². The molecule has 0 rings (SSSR count). The number of terminal acetylenes is 1. The molecule has 47 heavy (non-hydrogen) atoms. The van der Waals surface area contributed by atoms with Gasteiger partial charge >= 0.3 is 14.5 Å². The smallest absolute Gasteiger partial charge is 0.331 e. The SMILES string of the molecule is C#CCOC(=O)CNC(=O)C(CO[Si](C)(C)OCC(NC(=O)CCCCN=[N+]=[N-])C(=O)NCCCCC)NC(=O)CCCCN=[N+]=[N-]. The molecule has 0 fully saturated rings. The van der Waals surface area contributed by atoms with Gasteiger partial charge in [0.1, 0.15) is 18.6 Å². The molecule has 0 aromatic heterocycles. The summed E-state index contributed by atoms with van der Waals surface area (Å²) in [6.45, 7) is 5.02. The molecule has 19 heteroatoms. The van der Waals surface area contributed by atoms with E-state index in [0.29, 0.717) is 32.2 Å². The van der Waals surface area contributed by atoms with Gasteiger partial charge in [-0.25, -0.2) is 0 Å². The van der Waals surface area contributed by atoms with E-state index in [-0.39, 0.29) is 51.7 Å². The van der Waals surface area contributed by atoms with Crippen molar-refractivity contribution < 1.29 is 37.6 Å². The fourth-order valence-corrected chi connectivity index (χ4v) is 4.92. The molecule has 0 aliphatic heterocycles. The highest BCUT2D eigenvalue weighted by Gasteiger charge is 2.32. The minimum absolute atomic E-state index is 0.0482. The maximum Gasteiger partial charge on any atom is 0.331 e. The Bertz CT molecular complexity index is 1140. The van der Waals surface area contributed by atoms with Crippen molar-refractivity contribution in [2.45, 2.75) is 89.9 Å². The van der Waals surface area contributed by atoms with Gasteiger partial charge in [-0.15, -0.1) is 6.42 Å². The molecule has 262 valence electrons. The van der Waals surface area contributed by atoms with Crippen LogP contribution in [0.3, 0.4) is 0 Å². The van der Waals surface area contributed by atoms with Gasteiger partial charge in [0.05, 0.1) is 13.2 Å². The summed E-state index contributed by atoms with van der Waals surface area (Å²) in [5.74, 6) is -0.602. The topological polar surface area (TPSA) is 259 Å². The van der Waals surface area contributed by atoms with E-state index in [1.165, 1.54) is 0 Å². The van der Waals surface area contributed by atoms with E-state index < -0.39 is 50.9 Å². The van der Waals surface area contributed by atoms with Crippen LogP contribution in [0.15, 0.2) is 10.2 Å². The predicted molar refractivity (Wildman–Crippen MR) is 174 cm³/mol. The van der Waals surface area contributed by atoms with Crippen LogP contribution in [0.25, 0.3) is 20.9 Å². The quantitative estimate of drug-likeness (QED) is 0.0190. The van der Waals surface area contributed by atoms with E-state index in [1.54, 1.807) is 13.1 Å². The highest BCUT2D eigenvalue weighted by atomic mass is 28.4. The highest BCUT2D eigenvalue weighted by molar-refractivity contribution is 6.64. The number of unbranched alkanes of at least 4 members (excludes halogenated alkanes) is 4. The van der Waals surface area contributed by atoms with E-state index in [0.717, 1.165) is 19.3 Å². The lowest BCUT2D eigenvalue weighted by molar-refractivity contribution is -0.143. The summed E-state index contributed by atoms with van der Waals surface area (Å²) < 4.78 is 16.7. The van der Waals surface area contributed by atoms with Gasteiger partial charge in [-0.1, -0.05) is 35.9 Å². The molecule has 0 spiro atoms. The van der Waals surface area contributed by atoms with Crippen molar-refractivity contribution in [1.29, 1.82) is 0 Å². The molecule has 2 atom stereocenters. The number of nitrogens with zero attached hydrogens (tertiary/aromatic N) is 6. The van der Waals surface area contributed by atoms with Crippen molar-refractivity contribution in [3.8, 4) is 12.3 Å². The molecule has 2 unspecified atom stereocenters. The lowest BCUT2D eigenvalue weighted by Crippen LogP contribution is -2.54. The van der Waals surface area contributed by atoms with Gasteiger partial charge in [-0.3, -0.25) is 24.0 Å². The number of ether oxygens (including phenoxy) is 1. The van der Waals surface area contributed by atoms with Gasteiger partial charge < -0.3 is 34.9 Å². The zero-order valence-corrected chi connectivity index (χ0v) is 28.5. The largest absolute Gasteiger partial charge is 0.451 e. The van der Waals surface area contributed by atoms with Crippen LogP contribution in [0.1, 0.15) is 64.7 Å². The lowest BCUT2D eigenvalue weighted by Gasteiger charge is -2.28. The van der Waals surface area contributed by atoms with E-state index >= 15 is 0 Å². The molecule has 18 nitrogen and oxygen atoms in total. The minimum atomic E-state index is -3.08. The first-order valence-electron chi connectivity index (χ1n) is 15.5. The number of hydrogen-bond donors (Lipinski definition) is 4. The molecular formula is C28H48N10O8Si. The first kappa shape index (κ1) is 42.7. The molecule has 4 N–H and O–H groups in total. The third kappa shape index (κ3) is 23.6. The molecule has 0 bridgehead atoms. The Morgan fingerprint density at radius 2 is 1.32 bits per heavy atom. The molecule has 0 heterocycles. The van der Waals surface area contributed by atoms with Crippen LogP contribution >= 0.6 is 0 Å². The summed E-state index contributed by atoms with van der Waals surface area (Å²) in [6.07, 6.45) is 9.77. The molecule has 0 aromatic carbocycles. The number of rotatable bonds is 27. The van der Waals surface area contributed by atoms with Crippen LogP contribution < -0.4 is 21.3 Å². The van der Waals surface area contributed by atoms with Gasteiger partial charge in [-0.05, 0) is 56.3 Å². The fraction of sp³-hybridized carbons (Fsp3) is 0.750. The molecule has 0 aliphatic rings. The van der Waals surface area contributed by atoms with Gasteiger partial charge in [0.2, 0.25) is 23.6 Å². The summed E-state index contributed by atoms with van der Waals surface area (Å²) >= 11 is 0. The second-order valence-corrected chi connectivity index (χ2v) is 14.0. The third-order valence-electron chi connectivity index (χ3n) is 6.25. The first-order valence-corrected chi connectivity index (χ1v) is 18.3. The predicted octanol–water partition coefficient (Wildman–Crippen LogP) is 2.25. The van der Waals surface area contributed by atoms with Crippen molar-refractivity contribution in [2.24, 2.45) is 10.2 Å². The number of carbonyl (C=O) groups excluding carboxylic acids is 5.